The molecule has 0 bridgehead atoms. The molecule has 1 unspecified atom stereocenters. The Labute approximate surface area is 144 Å². The molecule has 24 heavy (non-hydrogen) atoms. The van der Waals surface area contributed by atoms with Crippen molar-refractivity contribution in [2.45, 2.75) is 26.0 Å². The van der Waals surface area contributed by atoms with Crippen molar-refractivity contribution in [1.82, 2.24) is 9.88 Å². The molecule has 2 heterocycles. The largest absolute Gasteiger partial charge is 0.383 e. The molecule has 0 aliphatic heterocycles. The summed E-state index contributed by atoms with van der Waals surface area (Å²) in [5.74, 6) is 0. The van der Waals surface area contributed by atoms with Crippen molar-refractivity contribution >= 4 is 34.0 Å². The summed E-state index contributed by atoms with van der Waals surface area (Å²) in [5.41, 5.74) is 0.733. The maximum atomic E-state index is 12.1. The summed E-state index contributed by atoms with van der Waals surface area (Å²) >= 11 is 1.47. The Morgan fingerprint density at radius 1 is 1.33 bits per heavy atom. The fourth-order valence-electron chi connectivity index (χ4n) is 2.64. The van der Waals surface area contributed by atoms with Gasteiger partial charge in [-0.1, -0.05) is 12.1 Å². The van der Waals surface area contributed by atoms with E-state index >= 15 is 0 Å². The lowest BCUT2D eigenvalue weighted by atomic mass is 10.1. The van der Waals surface area contributed by atoms with Crippen LogP contribution in [0.1, 0.15) is 18.7 Å². The zero-order valence-corrected chi connectivity index (χ0v) is 14.6. The van der Waals surface area contributed by atoms with Crippen LogP contribution in [0.5, 0.6) is 0 Å². The van der Waals surface area contributed by atoms with Gasteiger partial charge in [-0.3, -0.25) is 0 Å². The summed E-state index contributed by atoms with van der Waals surface area (Å²) in [6.45, 7) is 4.80. The molecule has 1 atom stereocenters. The van der Waals surface area contributed by atoms with E-state index in [4.69, 9.17) is 0 Å². The summed E-state index contributed by atoms with van der Waals surface area (Å²) in [7, 11) is 0. The summed E-state index contributed by atoms with van der Waals surface area (Å²) in [5, 5.41) is 19.0. The van der Waals surface area contributed by atoms with Crippen LogP contribution in [-0.2, 0) is 12.1 Å². The van der Waals surface area contributed by atoms with Crippen LogP contribution >= 0.6 is 11.3 Å². The molecule has 2 amide bonds. The normalized spacial score (nSPS) is 13.6. The molecule has 6 heteroatoms. The minimum Gasteiger partial charge on any atom is -0.383 e. The molecule has 0 aliphatic rings. The van der Waals surface area contributed by atoms with E-state index < -0.39 is 5.60 Å². The Kier molecular flexibility index (Phi) is 4.59. The van der Waals surface area contributed by atoms with E-state index in [9.17, 15) is 9.90 Å². The Morgan fingerprint density at radius 2 is 2.17 bits per heavy atom. The van der Waals surface area contributed by atoms with Crippen molar-refractivity contribution in [2.75, 3.05) is 11.9 Å². The van der Waals surface area contributed by atoms with Crippen molar-refractivity contribution < 1.29 is 9.90 Å². The van der Waals surface area contributed by atoms with E-state index in [-0.39, 0.29) is 12.6 Å². The molecule has 0 spiro atoms. The predicted octanol–water partition coefficient (Wildman–Crippen LogP) is 3.75. The fourth-order valence-corrected chi connectivity index (χ4v) is 3.42. The van der Waals surface area contributed by atoms with Gasteiger partial charge in [0.15, 0.2) is 0 Å². The number of carbonyl (C=O) groups is 1. The first-order valence-electron chi connectivity index (χ1n) is 7.90. The van der Waals surface area contributed by atoms with Crippen molar-refractivity contribution in [3.8, 4) is 0 Å². The molecule has 1 aromatic carbocycles. The average Bonchev–Trinajstić information content (AvgIpc) is 3.22. The van der Waals surface area contributed by atoms with E-state index in [0.717, 1.165) is 28.0 Å². The maximum Gasteiger partial charge on any atom is 0.319 e. The van der Waals surface area contributed by atoms with Crippen molar-refractivity contribution in [2.24, 2.45) is 0 Å². The fraction of sp³-hybridized carbons (Fsp3) is 0.278. The van der Waals surface area contributed by atoms with Crippen LogP contribution in [0.25, 0.3) is 10.9 Å². The summed E-state index contributed by atoms with van der Waals surface area (Å²) < 4.78 is 2.13. The highest BCUT2D eigenvalue weighted by molar-refractivity contribution is 7.10. The van der Waals surface area contributed by atoms with Gasteiger partial charge < -0.3 is 20.3 Å². The first-order valence-corrected chi connectivity index (χ1v) is 8.77. The quantitative estimate of drug-likeness (QED) is 0.660. The Morgan fingerprint density at radius 3 is 2.88 bits per heavy atom. The van der Waals surface area contributed by atoms with Gasteiger partial charge in [0, 0.05) is 23.3 Å². The lowest BCUT2D eigenvalue weighted by Gasteiger charge is -2.22. The lowest BCUT2D eigenvalue weighted by Crippen LogP contribution is -2.40. The van der Waals surface area contributed by atoms with E-state index in [0.29, 0.717) is 0 Å². The second-order valence-electron chi connectivity index (χ2n) is 5.93. The van der Waals surface area contributed by atoms with Crippen LogP contribution in [0.3, 0.4) is 0 Å². The van der Waals surface area contributed by atoms with Gasteiger partial charge in [0.1, 0.15) is 5.60 Å². The van der Waals surface area contributed by atoms with E-state index in [2.05, 4.69) is 28.2 Å². The number of aliphatic hydroxyl groups is 1. The van der Waals surface area contributed by atoms with Crippen LogP contribution in [0, 0.1) is 0 Å². The van der Waals surface area contributed by atoms with Crippen LogP contribution in [0.4, 0.5) is 10.5 Å². The number of anilines is 1. The van der Waals surface area contributed by atoms with Crippen LogP contribution in [0.2, 0.25) is 0 Å². The zero-order valence-electron chi connectivity index (χ0n) is 13.7. The van der Waals surface area contributed by atoms with Crippen LogP contribution in [-0.4, -0.2) is 22.2 Å². The summed E-state index contributed by atoms with van der Waals surface area (Å²) in [4.78, 5) is 12.9. The molecule has 0 radical (unpaired) electrons. The molecule has 0 saturated carbocycles. The van der Waals surface area contributed by atoms with Gasteiger partial charge in [-0.2, -0.15) is 0 Å². The highest BCUT2D eigenvalue weighted by Crippen LogP contribution is 2.24. The smallest absolute Gasteiger partial charge is 0.319 e. The third-order valence-corrected chi connectivity index (χ3v) is 5.14. The van der Waals surface area contributed by atoms with E-state index in [1.807, 2.05) is 41.9 Å². The van der Waals surface area contributed by atoms with E-state index in [1.54, 1.807) is 6.92 Å². The number of urea groups is 1. The molecule has 3 rings (SSSR count). The summed E-state index contributed by atoms with van der Waals surface area (Å²) in [6.07, 6.45) is 2.03. The van der Waals surface area contributed by atoms with E-state index in [1.165, 1.54) is 11.3 Å². The van der Waals surface area contributed by atoms with Gasteiger partial charge in [0.2, 0.25) is 0 Å². The zero-order chi connectivity index (χ0) is 17.2. The SMILES string of the molecule is CCn1ccc2ccc(NC(=O)NCC(C)(O)c3cccs3)cc21. The number of carbonyl (C=O) groups excluding carboxylic acids is 1. The number of fused-ring (bicyclic) bond motifs is 1. The average molecular weight is 343 g/mol. The molecular formula is C18H21N3O2S. The summed E-state index contributed by atoms with van der Waals surface area (Å²) in [6, 6.07) is 11.3. The van der Waals surface area contributed by atoms with Gasteiger partial charge in [-0.25, -0.2) is 4.79 Å². The van der Waals surface area contributed by atoms with Crippen LogP contribution in [0.15, 0.2) is 48.0 Å². The van der Waals surface area contributed by atoms with Crippen molar-refractivity contribution in [1.29, 1.82) is 0 Å². The van der Waals surface area contributed by atoms with Crippen LogP contribution < -0.4 is 10.6 Å². The van der Waals surface area contributed by atoms with Crippen molar-refractivity contribution in [3.63, 3.8) is 0 Å². The van der Waals surface area contributed by atoms with Gasteiger partial charge in [0.05, 0.1) is 12.1 Å². The number of rotatable bonds is 5. The second kappa shape index (κ2) is 6.67. The highest BCUT2D eigenvalue weighted by atomic mass is 32.1. The molecule has 0 aliphatic carbocycles. The number of hydrogen-bond donors (Lipinski definition) is 3. The number of aryl methyl sites for hydroxylation is 1. The van der Waals surface area contributed by atoms with Gasteiger partial charge >= 0.3 is 6.03 Å². The lowest BCUT2D eigenvalue weighted by molar-refractivity contribution is 0.0637. The third-order valence-electron chi connectivity index (χ3n) is 4.02. The molecule has 2 aromatic heterocycles. The Hall–Kier alpha value is -2.31. The van der Waals surface area contributed by atoms with Gasteiger partial charge in [0.25, 0.3) is 0 Å². The molecule has 3 aromatic rings. The monoisotopic (exact) mass is 343 g/mol. The number of amides is 2. The number of thiophene rings is 1. The maximum absolute atomic E-state index is 12.1. The number of nitrogens with zero attached hydrogens (tertiary/aromatic N) is 1. The highest BCUT2D eigenvalue weighted by Gasteiger charge is 2.24. The molecular weight excluding hydrogens is 322 g/mol. The van der Waals surface area contributed by atoms with Crippen molar-refractivity contribution in [3.05, 3.63) is 52.9 Å². The molecule has 0 saturated heterocycles. The Balaban J connectivity index is 1.64. The Bertz CT molecular complexity index is 837. The first kappa shape index (κ1) is 16.5. The molecule has 5 nitrogen and oxygen atoms in total. The topological polar surface area (TPSA) is 66.3 Å². The molecule has 0 fully saturated rings. The minimum atomic E-state index is -1.08. The third kappa shape index (κ3) is 3.44. The molecule has 3 N–H and O–H groups in total. The number of aromatic nitrogens is 1. The number of hydrogen-bond acceptors (Lipinski definition) is 3. The predicted molar refractivity (Wildman–Crippen MR) is 98.5 cm³/mol. The molecule has 126 valence electrons. The second-order valence-corrected chi connectivity index (χ2v) is 6.88. The minimum absolute atomic E-state index is 0.146. The number of nitrogens with one attached hydrogen (secondary N) is 2. The first-order chi connectivity index (χ1) is 11.5. The van der Waals surface area contributed by atoms with Gasteiger partial charge in [-0.15, -0.1) is 11.3 Å². The number of benzene rings is 1. The standard InChI is InChI=1S/C18H21N3O2S/c1-3-21-9-8-13-6-7-14(11-15(13)21)20-17(22)19-12-18(2,23)16-5-4-10-24-16/h4-11,23H,3,12H2,1-2H3,(H2,19,20,22). The van der Waals surface area contributed by atoms with Gasteiger partial charge in [-0.05, 0) is 48.9 Å².